The first-order valence-corrected chi connectivity index (χ1v) is 9.80. The number of hydrogen-bond donors (Lipinski definition) is 3. The Balaban J connectivity index is 1.52. The smallest absolute Gasteiger partial charge is 0.262 e. The van der Waals surface area contributed by atoms with Crippen LogP contribution in [0.2, 0.25) is 0 Å². The topological polar surface area (TPSA) is 122 Å². The summed E-state index contributed by atoms with van der Waals surface area (Å²) in [6.45, 7) is 0.677. The van der Waals surface area contributed by atoms with Crippen LogP contribution in [-0.2, 0) is 9.59 Å². The van der Waals surface area contributed by atoms with E-state index in [4.69, 9.17) is 5.73 Å². The van der Waals surface area contributed by atoms with E-state index in [9.17, 15) is 19.2 Å². The molecule has 2 fully saturated rings. The summed E-state index contributed by atoms with van der Waals surface area (Å²) < 4.78 is 0. The van der Waals surface area contributed by atoms with Crippen molar-refractivity contribution in [2.45, 2.75) is 50.6 Å². The molecule has 0 aromatic heterocycles. The van der Waals surface area contributed by atoms with E-state index in [-0.39, 0.29) is 18.7 Å². The molecule has 3 aliphatic rings. The molecule has 8 heteroatoms. The number of rotatable bonds is 4. The van der Waals surface area contributed by atoms with Gasteiger partial charge < -0.3 is 11.1 Å². The number of anilines is 1. The lowest BCUT2D eigenvalue weighted by atomic mass is 9.85. The summed E-state index contributed by atoms with van der Waals surface area (Å²) >= 11 is 0. The van der Waals surface area contributed by atoms with Crippen molar-refractivity contribution in [2.24, 2.45) is 11.7 Å². The number of nitrogens with two attached hydrogens (primary N) is 1. The quantitative estimate of drug-likeness (QED) is 0.666. The van der Waals surface area contributed by atoms with Gasteiger partial charge in [0, 0.05) is 18.2 Å². The molecule has 1 saturated carbocycles. The molecule has 0 bridgehead atoms. The van der Waals surface area contributed by atoms with Gasteiger partial charge in [-0.1, -0.05) is 6.42 Å². The number of benzene rings is 1. The van der Waals surface area contributed by atoms with Crippen molar-refractivity contribution in [1.82, 2.24) is 10.2 Å². The normalized spacial score (nSPS) is 27.6. The Hall–Kier alpha value is -2.74. The van der Waals surface area contributed by atoms with Gasteiger partial charge in [-0.2, -0.15) is 0 Å². The van der Waals surface area contributed by atoms with E-state index in [1.165, 1.54) is 0 Å². The van der Waals surface area contributed by atoms with E-state index >= 15 is 0 Å². The molecule has 8 nitrogen and oxygen atoms in total. The van der Waals surface area contributed by atoms with Crippen molar-refractivity contribution in [3.63, 3.8) is 0 Å². The van der Waals surface area contributed by atoms with Gasteiger partial charge in [0.2, 0.25) is 11.8 Å². The number of amides is 4. The third kappa shape index (κ3) is 3.28. The summed E-state index contributed by atoms with van der Waals surface area (Å²) in [5.74, 6) is -1.44. The molecular formula is C20H24N4O4. The summed E-state index contributed by atoms with van der Waals surface area (Å²) in [6.07, 6.45) is 4.56. The minimum absolute atomic E-state index is 0.112. The number of nitrogens with one attached hydrogen (secondary N) is 2. The van der Waals surface area contributed by atoms with Crippen LogP contribution >= 0.6 is 0 Å². The predicted molar refractivity (Wildman–Crippen MR) is 102 cm³/mol. The zero-order valence-electron chi connectivity index (χ0n) is 15.6. The Morgan fingerprint density at radius 1 is 1.07 bits per heavy atom. The fourth-order valence-corrected chi connectivity index (χ4v) is 4.43. The number of hydrogen-bond acceptors (Lipinski definition) is 6. The minimum Gasteiger partial charge on any atom is -0.382 e. The Morgan fingerprint density at radius 3 is 2.61 bits per heavy atom. The molecule has 2 heterocycles. The first-order chi connectivity index (χ1) is 13.5. The number of piperidine rings is 1. The summed E-state index contributed by atoms with van der Waals surface area (Å²) in [6, 6.07) is 4.47. The van der Waals surface area contributed by atoms with Gasteiger partial charge in [-0.3, -0.25) is 29.4 Å². The zero-order chi connectivity index (χ0) is 19.8. The average molecular weight is 384 g/mol. The lowest BCUT2D eigenvalue weighted by Crippen LogP contribution is -2.54. The van der Waals surface area contributed by atoms with Crippen molar-refractivity contribution in [3.8, 4) is 0 Å². The monoisotopic (exact) mass is 384 g/mol. The largest absolute Gasteiger partial charge is 0.382 e. The third-order valence-electron chi connectivity index (χ3n) is 5.93. The number of imide groups is 2. The molecular weight excluding hydrogens is 360 g/mol. The highest BCUT2D eigenvalue weighted by Gasteiger charge is 2.44. The molecule has 4 amide bonds. The highest BCUT2D eigenvalue weighted by molar-refractivity contribution is 6.23. The molecule has 28 heavy (non-hydrogen) atoms. The molecule has 1 saturated heterocycles. The second kappa shape index (κ2) is 7.35. The number of carbonyl (C=O) groups excluding carboxylic acids is 4. The summed E-state index contributed by atoms with van der Waals surface area (Å²) in [7, 11) is 0. The van der Waals surface area contributed by atoms with E-state index in [2.05, 4.69) is 10.6 Å². The number of carbonyl (C=O) groups is 4. The van der Waals surface area contributed by atoms with Crippen molar-refractivity contribution in [1.29, 1.82) is 0 Å². The molecule has 2 aliphatic heterocycles. The highest BCUT2D eigenvalue weighted by atomic mass is 16.2. The fourth-order valence-electron chi connectivity index (χ4n) is 4.43. The van der Waals surface area contributed by atoms with Crippen LogP contribution in [0.25, 0.3) is 0 Å². The van der Waals surface area contributed by atoms with E-state index in [1.807, 2.05) is 0 Å². The van der Waals surface area contributed by atoms with Crippen molar-refractivity contribution >= 4 is 29.3 Å². The van der Waals surface area contributed by atoms with E-state index in [0.29, 0.717) is 29.6 Å². The molecule has 4 N–H and O–H groups in total. The third-order valence-corrected chi connectivity index (χ3v) is 5.93. The van der Waals surface area contributed by atoms with Gasteiger partial charge in [0.25, 0.3) is 11.8 Å². The Labute approximate surface area is 162 Å². The average Bonchev–Trinajstić information content (AvgIpc) is 2.93. The zero-order valence-corrected chi connectivity index (χ0v) is 15.6. The maximum absolute atomic E-state index is 12.9. The molecule has 0 spiro atoms. The second-order valence-electron chi connectivity index (χ2n) is 7.82. The molecule has 1 aliphatic carbocycles. The standard InChI is InChI=1S/C20H24N4O4/c21-10-11-2-1-3-12(8-11)22-13-4-5-14-15(9-13)20(28)24(19(14)27)16-6-7-17(25)23-18(16)26/h4-5,9,11-12,16,22H,1-3,6-8,10,21H2,(H,23,25,26). The van der Waals surface area contributed by atoms with Crippen molar-refractivity contribution in [2.75, 3.05) is 11.9 Å². The molecule has 3 atom stereocenters. The predicted octanol–water partition coefficient (Wildman–Crippen LogP) is 1.02. The van der Waals surface area contributed by atoms with Crippen LogP contribution in [0.15, 0.2) is 18.2 Å². The first-order valence-electron chi connectivity index (χ1n) is 9.80. The van der Waals surface area contributed by atoms with Crippen LogP contribution in [0.4, 0.5) is 5.69 Å². The molecule has 148 valence electrons. The van der Waals surface area contributed by atoms with Crippen LogP contribution in [0, 0.1) is 5.92 Å². The van der Waals surface area contributed by atoms with E-state index in [0.717, 1.165) is 36.3 Å². The van der Waals surface area contributed by atoms with Crippen molar-refractivity contribution in [3.05, 3.63) is 29.3 Å². The van der Waals surface area contributed by atoms with Gasteiger partial charge in [0.15, 0.2) is 0 Å². The van der Waals surface area contributed by atoms with Crippen LogP contribution in [-0.4, -0.2) is 47.2 Å². The molecule has 1 aromatic carbocycles. The van der Waals surface area contributed by atoms with Gasteiger partial charge in [0.1, 0.15) is 6.04 Å². The molecule has 0 radical (unpaired) electrons. The summed E-state index contributed by atoms with van der Waals surface area (Å²) in [4.78, 5) is 50.1. The van der Waals surface area contributed by atoms with Gasteiger partial charge in [-0.15, -0.1) is 0 Å². The molecule has 1 aromatic rings. The highest BCUT2D eigenvalue weighted by Crippen LogP contribution is 2.31. The summed E-state index contributed by atoms with van der Waals surface area (Å²) in [5, 5.41) is 5.66. The van der Waals surface area contributed by atoms with Crippen molar-refractivity contribution < 1.29 is 19.2 Å². The van der Waals surface area contributed by atoms with Gasteiger partial charge in [-0.25, -0.2) is 0 Å². The summed E-state index contributed by atoms with van der Waals surface area (Å²) in [5.41, 5.74) is 7.18. The van der Waals surface area contributed by atoms with Gasteiger partial charge >= 0.3 is 0 Å². The fraction of sp³-hybridized carbons (Fsp3) is 0.500. The maximum Gasteiger partial charge on any atom is 0.262 e. The lowest BCUT2D eigenvalue weighted by molar-refractivity contribution is -0.136. The maximum atomic E-state index is 12.9. The van der Waals surface area contributed by atoms with E-state index in [1.54, 1.807) is 18.2 Å². The van der Waals surface area contributed by atoms with E-state index < -0.39 is 23.8 Å². The van der Waals surface area contributed by atoms with Crippen LogP contribution < -0.4 is 16.4 Å². The van der Waals surface area contributed by atoms with Crippen LogP contribution in [0.3, 0.4) is 0 Å². The SMILES string of the molecule is NCC1CCCC(Nc2ccc3c(c2)C(=O)N(C2CCC(=O)NC2=O)C3=O)C1. The Kier molecular flexibility index (Phi) is 4.89. The Bertz CT molecular complexity index is 853. The minimum atomic E-state index is -0.940. The van der Waals surface area contributed by atoms with Crippen LogP contribution in [0.5, 0.6) is 0 Å². The molecule has 3 unspecified atom stereocenters. The Morgan fingerprint density at radius 2 is 1.86 bits per heavy atom. The number of nitrogens with zero attached hydrogens (tertiary/aromatic N) is 1. The van der Waals surface area contributed by atoms with Gasteiger partial charge in [0.05, 0.1) is 11.1 Å². The lowest BCUT2D eigenvalue weighted by Gasteiger charge is -2.29. The van der Waals surface area contributed by atoms with Crippen LogP contribution in [0.1, 0.15) is 59.2 Å². The molecule has 4 rings (SSSR count). The first kappa shape index (κ1) is 18.6. The number of fused-ring (bicyclic) bond motifs is 1. The van der Waals surface area contributed by atoms with Gasteiger partial charge in [-0.05, 0) is 56.3 Å². The second-order valence-corrected chi connectivity index (χ2v) is 7.82.